The van der Waals surface area contributed by atoms with Crippen LogP contribution in [0.1, 0.15) is 18.4 Å². The Balaban J connectivity index is 2.01. The highest BCUT2D eigenvalue weighted by molar-refractivity contribution is 7.89. The van der Waals surface area contributed by atoms with Crippen molar-refractivity contribution in [2.45, 2.75) is 24.2 Å². The van der Waals surface area contributed by atoms with E-state index < -0.39 is 16.0 Å². The molecule has 0 bridgehead atoms. The molecule has 19 heavy (non-hydrogen) atoms. The van der Waals surface area contributed by atoms with Crippen molar-refractivity contribution < 1.29 is 23.1 Å². The Morgan fingerprint density at radius 1 is 1.42 bits per heavy atom. The third kappa shape index (κ3) is 3.45. The van der Waals surface area contributed by atoms with Crippen LogP contribution in [-0.4, -0.2) is 32.6 Å². The van der Waals surface area contributed by atoms with Gasteiger partial charge in [0.1, 0.15) is 5.75 Å². The molecule has 1 aliphatic heterocycles. The van der Waals surface area contributed by atoms with Crippen molar-refractivity contribution in [3.05, 3.63) is 23.8 Å². The zero-order chi connectivity index (χ0) is 13.9. The Bertz CT molecular complexity index is 582. The number of aliphatic carboxylic acids is 1. The largest absolute Gasteiger partial charge is 0.493 e. The molecular weight excluding hydrogens is 270 g/mol. The maximum absolute atomic E-state index is 12.0. The van der Waals surface area contributed by atoms with Gasteiger partial charge in [0.2, 0.25) is 10.0 Å². The average molecular weight is 285 g/mol. The summed E-state index contributed by atoms with van der Waals surface area (Å²) in [5, 5.41) is 8.47. The molecule has 0 saturated heterocycles. The SMILES string of the molecule is O=C(O)CCCNS(=O)(=O)c1ccc2c(c1)CCO2. The predicted octanol–water partition coefficient (Wildman–Crippen LogP) is 0.765. The molecule has 104 valence electrons. The first kappa shape index (κ1) is 13.8. The number of carboxylic acid groups (broad SMARTS) is 1. The minimum Gasteiger partial charge on any atom is -0.493 e. The Morgan fingerprint density at radius 2 is 2.21 bits per heavy atom. The first-order valence-corrected chi connectivity index (χ1v) is 7.44. The first-order chi connectivity index (χ1) is 8.99. The molecule has 0 fully saturated rings. The van der Waals surface area contributed by atoms with Gasteiger partial charge in [0.25, 0.3) is 0 Å². The van der Waals surface area contributed by atoms with Gasteiger partial charge in [0, 0.05) is 19.4 Å². The van der Waals surface area contributed by atoms with Crippen molar-refractivity contribution in [2.24, 2.45) is 0 Å². The second-order valence-corrected chi connectivity index (χ2v) is 6.03. The van der Waals surface area contributed by atoms with Crippen LogP contribution in [0.2, 0.25) is 0 Å². The lowest BCUT2D eigenvalue weighted by Gasteiger charge is -2.07. The highest BCUT2D eigenvalue weighted by atomic mass is 32.2. The average Bonchev–Trinajstić information content (AvgIpc) is 2.81. The number of benzene rings is 1. The molecule has 0 amide bonds. The topological polar surface area (TPSA) is 92.7 Å². The van der Waals surface area contributed by atoms with Gasteiger partial charge in [-0.2, -0.15) is 0 Å². The predicted molar refractivity (Wildman–Crippen MR) is 67.7 cm³/mol. The lowest BCUT2D eigenvalue weighted by atomic mass is 10.2. The number of hydrogen-bond donors (Lipinski definition) is 2. The van der Waals surface area contributed by atoms with Gasteiger partial charge in [0.15, 0.2) is 0 Å². The zero-order valence-electron chi connectivity index (χ0n) is 10.3. The van der Waals surface area contributed by atoms with E-state index in [1.165, 1.54) is 6.07 Å². The molecule has 1 aromatic carbocycles. The first-order valence-electron chi connectivity index (χ1n) is 5.96. The third-order valence-electron chi connectivity index (χ3n) is 2.83. The van der Waals surface area contributed by atoms with Gasteiger partial charge in [-0.1, -0.05) is 0 Å². The summed E-state index contributed by atoms with van der Waals surface area (Å²) in [6.07, 6.45) is 0.918. The molecule has 0 atom stereocenters. The molecule has 0 saturated carbocycles. The van der Waals surface area contributed by atoms with E-state index in [9.17, 15) is 13.2 Å². The van der Waals surface area contributed by atoms with Gasteiger partial charge in [-0.3, -0.25) is 4.79 Å². The molecule has 1 heterocycles. The van der Waals surface area contributed by atoms with E-state index in [0.717, 1.165) is 11.3 Å². The fourth-order valence-corrected chi connectivity index (χ4v) is 2.98. The van der Waals surface area contributed by atoms with Crippen LogP contribution < -0.4 is 9.46 Å². The van der Waals surface area contributed by atoms with E-state index in [4.69, 9.17) is 9.84 Å². The zero-order valence-corrected chi connectivity index (χ0v) is 11.1. The molecule has 0 aliphatic carbocycles. The molecule has 0 radical (unpaired) electrons. The molecule has 1 aliphatic rings. The van der Waals surface area contributed by atoms with Gasteiger partial charge in [0.05, 0.1) is 11.5 Å². The number of fused-ring (bicyclic) bond motifs is 1. The maximum Gasteiger partial charge on any atom is 0.303 e. The quantitative estimate of drug-likeness (QED) is 0.753. The van der Waals surface area contributed by atoms with Crippen molar-refractivity contribution in [2.75, 3.05) is 13.2 Å². The van der Waals surface area contributed by atoms with E-state index in [0.29, 0.717) is 13.0 Å². The number of carbonyl (C=O) groups is 1. The molecule has 0 spiro atoms. The van der Waals surface area contributed by atoms with Gasteiger partial charge in [-0.25, -0.2) is 13.1 Å². The van der Waals surface area contributed by atoms with Gasteiger partial charge < -0.3 is 9.84 Å². The van der Waals surface area contributed by atoms with Gasteiger partial charge in [-0.05, 0) is 30.2 Å². The lowest BCUT2D eigenvalue weighted by Crippen LogP contribution is -2.25. The monoisotopic (exact) mass is 285 g/mol. The van der Waals surface area contributed by atoms with Crippen LogP contribution in [0.25, 0.3) is 0 Å². The number of carboxylic acids is 1. The normalized spacial score (nSPS) is 13.9. The van der Waals surface area contributed by atoms with Crippen LogP contribution in [0.4, 0.5) is 0 Å². The Kier molecular flexibility index (Phi) is 4.06. The molecular formula is C12H15NO5S. The fourth-order valence-electron chi connectivity index (χ4n) is 1.86. The second-order valence-electron chi connectivity index (χ2n) is 4.26. The summed E-state index contributed by atoms with van der Waals surface area (Å²) in [6, 6.07) is 4.74. The highest BCUT2D eigenvalue weighted by Crippen LogP contribution is 2.27. The van der Waals surface area contributed by atoms with Gasteiger partial charge >= 0.3 is 5.97 Å². The Labute approximate surface area is 111 Å². The smallest absolute Gasteiger partial charge is 0.303 e. The summed E-state index contributed by atoms with van der Waals surface area (Å²) in [5.41, 5.74) is 0.883. The van der Waals surface area contributed by atoms with Crippen LogP contribution in [-0.2, 0) is 21.2 Å². The summed E-state index contributed by atoms with van der Waals surface area (Å²) in [7, 11) is -3.58. The summed E-state index contributed by atoms with van der Waals surface area (Å²) in [6.45, 7) is 0.688. The van der Waals surface area contributed by atoms with Crippen LogP contribution >= 0.6 is 0 Å². The van der Waals surface area contributed by atoms with Crippen molar-refractivity contribution in [1.82, 2.24) is 4.72 Å². The van der Waals surface area contributed by atoms with Gasteiger partial charge in [-0.15, -0.1) is 0 Å². The van der Waals surface area contributed by atoms with Crippen LogP contribution in [0.15, 0.2) is 23.1 Å². The summed E-state index contributed by atoms with van der Waals surface area (Å²) < 4.78 is 31.7. The van der Waals surface area contributed by atoms with E-state index in [-0.39, 0.29) is 24.3 Å². The number of rotatable bonds is 6. The Morgan fingerprint density at radius 3 is 2.95 bits per heavy atom. The standard InChI is InChI=1S/C12H15NO5S/c14-12(15)2-1-6-13-19(16,17)10-3-4-11-9(8-10)5-7-18-11/h3-4,8,13H,1-2,5-7H2,(H,14,15). The molecule has 7 heteroatoms. The van der Waals surface area contributed by atoms with Crippen LogP contribution in [0, 0.1) is 0 Å². The number of nitrogens with one attached hydrogen (secondary N) is 1. The number of hydrogen-bond acceptors (Lipinski definition) is 4. The summed E-state index contributed by atoms with van der Waals surface area (Å²) in [5.74, 6) is -0.210. The molecule has 2 N–H and O–H groups in total. The van der Waals surface area contributed by atoms with Crippen molar-refractivity contribution in [1.29, 1.82) is 0 Å². The van der Waals surface area contributed by atoms with Crippen molar-refractivity contribution in [3.8, 4) is 5.75 Å². The lowest BCUT2D eigenvalue weighted by molar-refractivity contribution is -0.137. The number of sulfonamides is 1. The molecule has 6 nitrogen and oxygen atoms in total. The van der Waals surface area contributed by atoms with E-state index >= 15 is 0 Å². The Hall–Kier alpha value is -1.60. The fraction of sp³-hybridized carbons (Fsp3) is 0.417. The van der Waals surface area contributed by atoms with E-state index in [1.807, 2.05) is 0 Å². The van der Waals surface area contributed by atoms with Crippen LogP contribution in [0.5, 0.6) is 5.75 Å². The van der Waals surface area contributed by atoms with Crippen molar-refractivity contribution >= 4 is 16.0 Å². The molecule has 2 rings (SSSR count). The summed E-state index contributed by atoms with van der Waals surface area (Å²) >= 11 is 0. The highest BCUT2D eigenvalue weighted by Gasteiger charge is 2.18. The molecule has 0 aromatic heterocycles. The maximum atomic E-state index is 12.0. The molecule has 0 unspecified atom stereocenters. The van der Waals surface area contributed by atoms with Crippen LogP contribution in [0.3, 0.4) is 0 Å². The summed E-state index contributed by atoms with van der Waals surface area (Å²) in [4.78, 5) is 10.5. The van der Waals surface area contributed by atoms with E-state index in [1.54, 1.807) is 12.1 Å². The minimum absolute atomic E-state index is 0.0550. The van der Waals surface area contributed by atoms with E-state index in [2.05, 4.69) is 4.72 Å². The second kappa shape index (κ2) is 5.58. The molecule has 1 aromatic rings. The van der Waals surface area contributed by atoms with Crippen molar-refractivity contribution in [3.63, 3.8) is 0 Å². The third-order valence-corrected chi connectivity index (χ3v) is 4.29. The number of ether oxygens (including phenoxy) is 1. The minimum atomic E-state index is -3.58.